The number of aromatic nitrogens is 6. The predicted molar refractivity (Wildman–Crippen MR) is 114 cm³/mol. The van der Waals surface area contributed by atoms with Gasteiger partial charge in [0.05, 0.1) is 46.7 Å². The minimum Gasteiger partial charge on any atom is -0.475 e. The summed E-state index contributed by atoms with van der Waals surface area (Å²) in [6.07, 6.45) is -2.25. The van der Waals surface area contributed by atoms with Crippen molar-refractivity contribution in [3.63, 3.8) is 0 Å². The Morgan fingerprint density at radius 1 is 1.31 bits per heavy atom. The molecule has 35 heavy (non-hydrogen) atoms. The number of carbonyl (C=O) groups is 1. The highest BCUT2D eigenvalue weighted by molar-refractivity contribution is 7.17. The van der Waals surface area contributed by atoms with Crippen molar-refractivity contribution in [3.05, 3.63) is 17.4 Å². The van der Waals surface area contributed by atoms with Gasteiger partial charge in [0.15, 0.2) is 0 Å². The molecule has 0 spiro atoms. The van der Waals surface area contributed by atoms with E-state index < -0.39 is 30.9 Å². The lowest BCUT2D eigenvalue weighted by Crippen LogP contribution is -2.44. The summed E-state index contributed by atoms with van der Waals surface area (Å²) in [5.74, 6) is -0.348. The molecule has 1 atom stereocenters. The summed E-state index contributed by atoms with van der Waals surface area (Å²) < 4.78 is 72.3. The first-order valence-electron chi connectivity index (χ1n) is 10.1. The van der Waals surface area contributed by atoms with E-state index in [0.29, 0.717) is 15.9 Å². The number of thiazole rings is 1. The molecule has 0 saturated carbocycles. The van der Waals surface area contributed by atoms with Crippen LogP contribution in [0.1, 0.15) is 12.1 Å². The second-order valence-electron chi connectivity index (χ2n) is 7.50. The highest BCUT2D eigenvalue weighted by Crippen LogP contribution is 2.48. The van der Waals surface area contributed by atoms with E-state index >= 15 is 0 Å². The molecular weight excluding hydrogens is 498 g/mol. The summed E-state index contributed by atoms with van der Waals surface area (Å²) in [6.45, 7) is -3.14. The summed E-state index contributed by atoms with van der Waals surface area (Å²) in [5, 5.41) is 10.5. The van der Waals surface area contributed by atoms with Crippen LogP contribution in [-0.4, -0.2) is 62.0 Å². The number of alkyl carbamates (subject to hydrolysis) is 1. The largest absolute Gasteiger partial charge is 0.475 e. The van der Waals surface area contributed by atoms with Crippen molar-refractivity contribution < 1.29 is 36.6 Å². The Labute approximate surface area is 197 Å². The number of nitrogens with one attached hydrogen (secondary N) is 2. The molecule has 4 aromatic heterocycles. The van der Waals surface area contributed by atoms with Gasteiger partial charge >= 0.3 is 12.7 Å². The van der Waals surface area contributed by atoms with Crippen molar-refractivity contribution in [2.24, 2.45) is 7.05 Å². The third-order valence-corrected chi connectivity index (χ3v) is 6.11. The Hall–Kier alpha value is -3.82. The number of carbonyl (C=O) groups excluding carboxylic acids is 1. The zero-order valence-electron chi connectivity index (χ0n) is 18.1. The van der Waals surface area contributed by atoms with E-state index in [4.69, 9.17) is 4.74 Å². The lowest BCUT2D eigenvalue weighted by atomic mass is 10.0. The van der Waals surface area contributed by atoms with E-state index in [2.05, 4.69) is 35.0 Å². The van der Waals surface area contributed by atoms with Crippen LogP contribution >= 0.6 is 11.3 Å². The number of methoxy groups -OCH3 is 1. The first-order valence-corrected chi connectivity index (χ1v) is 10.9. The molecule has 0 saturated heterocycles. The molecule has 1 amide bonds. The number of hydrogen-bond donors (Lipinski definition) is 2. The van der Waals surface area contributed by atoms with Gasteiger partial charge in [-0.05, 0) is 0 Å². The van der Waals surface area contributed by atoms with Gasteiger partial charge in [0.2, 0.25) is 11.8 Å². The lowest BCUT2D eigenvalue weighted by molar-refractivity contribution is -0.0527. The third-order valence-electron chi connectivity index (χ3n) is 5.26. The fraction of sp³-hybridized carbons (Fsp3) is 0.368. The van der Waals surface area contributed by atoms with Crippen LogP contribution in [0, 0.1) is 0 Å². The number of alkyl halides is 4. The zero-order chi connectivity index (χ0) is 24.9. The predicted octanol–water partition coefficient (Wildman–Crippen LogP) is 3.54. The fourth-order valence-electron chi connectivity index (χ4n) is 3.94. The normalized spacial score (nSPS) is 15.5. The van der Waals surface area contributed by atoms with Crippen LogP contribution in [0.5, 0.6) is 11.8 Å². The van der Waals surface area contributed by atoms with Gasteiger partial charge in [-0.3, -0.25) is 4.68 Å². The Morgan fingerprint density at radius 2 is 2.11 bits per heavy atom. The molecule has 0 aliphatic carbocycles. The Morgan fingerprint density at radius 3 is 2.83 bits per heavy atom. The highest BCUT2D eigenvalue weighted by Gasteiger charge is 2.35. The van der Waals surface area contributed by atoms with Gasteiger partial charge in [-0.2, -0.15) is 13.9 Å². The van der Waals surface area contributed by atoms with Crippen molar-refractivity contribution >= 4 is 27.8 Å². The van der Waals surface area contributed by atoms with Gasteiger partial charge in [0.1, 0.15) is 17.9 Å². The van der Waals surface area contributed by atoms with E-state index in [1.807, 2.05) is 0 Å². The number of hydrogen-bond acceptors (Lipinski definition) is 8. The van der Waals surface area contributed by atoms with E-state index in [0.717, 1.165) is 0 Å². The average Bonchev–Trinajstić information content (AvgIpc) is 3.54. The van der Waals surface area contributed by atoms with Gasteiger partial charge in [-0.15, -0.1) is 16.4 Å². The second-order valence-corrected chi connectivity index (χ2v) is 8.35. The molecule has 1 aliphatic rings. The smallest absolute Gasteiger partial charge is 0.407 e. The van der Waals surface area contributed by atoms with Gasteiger partial charge < -0.3 is 24.5 Å². The molecule has 2 N–H and O–H groups in total. The molecule has 0 radical (unpaired) electrons. The van der Waals surface area contributed by atoms with Crippen molar-refractivity contribution in [2.45, 2.75) is 25.6 Å². The van der Waals surface area contributed by atoms with E-state index in [1.54, 1.807) is 0 Å². The van der Waals surface area contributed by atoms with Crippen molar-refractivity contribution in [2.75, 3.05) is 13.7 Å². The Kier molecular flexibility index (Phi) is 5.74. The minimum atomic E-state index is -3.15. The number of fused-ring (bicyclic) bond motifs is 2. The molecule has 4 aromatic rings. The van der Waals surface area contributed by atoms with Gasteiger partial charge in [-0.25, -0.2) is 23.2 Å². The average molecular weight is 515 g/mol. The molecule has 11 nitrogen and oxygen atoms in total. The summed E-state index contributed by atoms with van der Waals surface area (Å²) in [6, 6.07) is -0.578. The fourth-order valence-corrected chi connectivity index (χ4v) is 4.75. The maximum Gasteiger partial charge on any atom is 0.407 e. The van der Waals surface area contributed by atoms with Gasteiger partial charge in [-0.1, -0.05) is 0 Å². The maximum absolute atomic E-state index is 14.1. The second kappa shape index (κ2) is 8.75. The number of amides is 1. The lowest BCUT2D eigenvalue weighted by Gasteiger charge is -2.25. The molecule has 0 aromatic carbocycles. The number of aryl methyl sites for hydroxylation is 1. The SMILES string of the molecule is COC(=O)N[C@@H]1COc2c(-c3[nH]c4ncsc4c3-c3cn(C)nc3OC(F)F)c(C(F)F)nn2C1. The quantitative estimate of drug-likeness (QED) is 0.377. The first kappa shape index (κ1) is 22.9. The Bertz CT molecular complexity index is 1400. The number of rotatable bonds is 6. The first-order chi connectivity index (χ1) is 16.8. The molecular formula is C19H17F4N7O4S. The van der Waals surface area contributed by atoms with Crippen molar-refractivity contribution in [1.82, 2.24) is 34.8 Å². The van der Waals surface area contributed by atoms with E-state index in [-0.39, 0.29) is 41.7 Å². The van der Waals surface area contributed by atoms with Crippen LogP contribution in [0.15, 0.2) is 11.7 Å². The summed E-state index contributed by atoms with van der Waals surface area (Å²) >= 11 is 1.19. The number of nitrogens with zero attached hydrogens (tertiary/aromatic N) is 5. The van der Waals surface area contributed by atoms with Gasteiger partial charge in [0.25, 0.3) is 6.43 Å². The van der Waals surface area contributed by atoms with E-state index in [9.17, 15) is 22.4 Å². The molecule has 5 rings (SSSR count). The summed E-state index contributed by atoms with van der Waals surface area (Å²) in [4.78, 5) is 18.8. The van der Waals surface area contributed by atoms with Crippen LogP contribution in [0.25, 0.3) is 32.7 Å². The Balaban J connectivity index is 1.68. The summed E-state index contributed by atoms with van der Waals surface area (Å²) in [5.41, 5.74) is 1.83. The molecule has 0 bridgehead atoms. The van der Waals surface area contributed by atoms with Crippen molar-refractivity contribution in [3.8, 4) is 34.1 Å². The molecule has 1 aliphatic heterocycles. The number of aromatic amines is 1. The third kappa shape index (κ3) is 4.02. The van der Waals surface area contributed by atoms with Crippen LogP contribution < -0.4 is 14.8 Å². The van der Waals surface area contributed by atoms with Crippen LogP contribution in [0.2, 0.25) is 0 Å². The molecule has 16 heteroatoms. The topological polar surface area (TPSA) is 121 Å². The highest BCUT2D eigenvalue weighted by atomic mass is 32.1. The van der Waals surface area contributed by atoms with E-state index in [1.165, 1.54) is 46.6 Å². The molecule has 0 unspecified atom stereocenters. The summed E-state index contributed by atoms with van der Waals surface area (Å²) in [7, 11) is 2.71. The number of H-pyrrole nitrogens is 1. The van der Waals surface area contributed by atoms with Crippen LogP contribution in [-0.2, 0) is 18.3 Å². The standard InChI is InChI=1S/C19H17F4N7O4S/c1-29-4-8(16(28-29)34-18(22)23)9-11(26-15-13(9)35-6-24-15)10-12(14(20)21)27-30-3-7(5-33-17(10)30)25-19(31)32-2/h4,6-7,14,18,26H,3,5H2,1-2H3,(H,25,31)/t7-/m0/s1. The zero-order valence-corrected chi connectivity index (χ0v) is 18.9. The maximum atomic E-state index is 14.1. The molecule has 5 heterocycles. The van der Waals surface area contributed by atoms with Crippen LogP contribution in [0.3, 0.4) is 0 Å². The number of halogens is 4. The minimum absolute atomic E-state index is 0.0265. The number of ether oxygens (including phenoxy) is 3. The van der Waals surface area contributed by atoms with Crippen molar-refractivity contribution in [1.29, 1.82) is 0 Å². The monoisotopic (exact) mass is 515 g/mol. The molecule has 186 valence electrons. The van der Waals surface area contributed by atoms with Crippen LogP contribution in [0.4, 0.5) is 22.4 Å². The van der Waals surface area contributed by atoms with Gasteiger partial charge in [0, 0.05) is 18.8 Å². The molecule has 0 fully saturated rings.